The number of nitrogens with one attached hydrogen (secondary N) is 1. The summed E-state index contributed by atoms with van der Waals surface area (Å²) < 4.78 is 40.2. The molecule has 0 bridgehead atoms. The van der Waals surface area contributed by atoms with E-state index in [9.17, 15) is 23.1 Å². The van der Waals surface area contributed by atoms with Crippen LogP contribution in [0.5, 0.6) is 0 Å². The quantitative estimate of drug-likeness (QED) is 0.748. The van der Waals surface area contributed by atoms with Crippen LogP contribution in [0.15, 0.2) is 41.3 Å². The van der Waals surface area contributed by atoms with Crippen molar-refractivity contribution in [2.45, 2.75) is 31.7 Å². The molecule has 0 aliphatic heterocycles. The molecule has 3 aromatic rings. The van der Waals surface area contributed by atoms with E-state index in [0.29, 0.717) is 22.3 Å². The Morgan fingerprint density at radius 2 is 2.04 bits per heavy atom. The number of rotatable bonds is 4. The minimum atomic E-state index is -4.43. The van der Waals surface area contributed by atoms with Crippen LogP contribution in [0.4, 0.5) is 13.2 Å². The second-order valence-electron chi connectivity index (χ2n) is 6.62. The SMILES string of the molecule is O=c1[nH]c2ncc(-c3cccc(C(F)(F)F)c3)cc2n1CC(O)C1CC1. The highest BCUT2D eigenvalue weighted by molar-refractivity contribution is 5.78. The van der Waals surface area contributed by atoms with E-state index in [1.54, 1.807) is 12.1 Å². The van der Waals surface area contributed by atoms with Crippen molar-refractivity contribution in [1.29, 1.82) is 0 Å². The lowest BCUT2D eigenvalue weighted by Gasteiger charge is -2.11. The summed E-state index contributed by atoms with van der Waals surface area (Å²) in [5.41, 5.74) is 0.492. The number of H-pyrrole nitrogens is 1. The number of fused-ring (bicyclic) bond motifs is 1. The summed E-state index contributed by atoms with van der Waals surface area (Å²) in [4.78, 5) is 18.9. The first-order chi connectivity index (χ1) is 12.3. The van der Waals surface area contributed by atoms with Gasteiger partial charge in [-0.05, 0) is 42.5 Å². The maximum atomic E-state index is 12.9. The van der Waals surface area contributed by atoms with E-state index in [-0.39, 0.29) is 12.5 Å². The number of aromatic nitrogens is 3. The monoisotopic (exact) mass is 363 g/mol. The highest BCUT2D eigenvalue weighted by atomic mass is 19.4. The lowest BCUT2D eigenvalue weighted by atomic mass is 10.0. The number of halogens is 3. The first-order valence-electron chi connectivity index (χ1n) is 8.27. The Balaban J connectivity index is 1.76. The molecule has 2 N–H and O–H groups in total. The molecule has 5 nitrogen and oxygen atoms in total. The van der Waals surface area contributed by atoms with Crippen LogP contribution >= 0.6 is 0 Å². The van der Waals surface area contributed by atoms with Gasteiger partial charge < -0.3 is 5.11 Å². The Kier molecular flexibility index (Phi) is 3.87. The number of hydrogen-bond donors (Lipinski definition) is 2. The van der Waals surface area contributed by atoms with Crippen molar-refractivity contribution >= 4 is 11.2 Å². The first kappa shape index (κ1) is 16.8. The first-order valence-corrected chi connectivity index (χ1v) is 8.27. The van der Waals surface area contributed by atoms with Crippen molar-refractivity contribution in [3.63, 3.8) is 0 Å². The number of hydrogen-bond acceptors (Lipinski definition) is 3. The third-order valence-electron chi connectivity index (χ3n) is 4.69. The molecule has 8 heteroatoms. The predicted octanol–water partition coefficient (Wildman–Crippen LogP) is 3.18. The Morgan fingerprint density at radius 1 is 1.27 bits per heavy atom. The van der Waals surface area contributed by atoms with Gasteiger partial charge in [0, 0.05) is 11.8 Å². The number of imidazole rings is 1. The Bertz CT molecular complexity index is 1020. The molecule has 4 rings (SSSR count). The van der Waals surface area contributed by atoms with Gasteiger partial charge in [-0.1, -0.05) is 12.1 Å². The standard InChI is InChI=1S/C18H16F3N3O2/c19-18(20,21)13-3-1-2-11(6-13)12-7-14-16(22-8-12)23-17(26)24(14)9-15(25)10-4-5-10/h1-3,6-8,10,15,25H,4-5,9H2,(H,22,23,26). The number of alkyl halides is 3. The number of benzene rings is 1. The van der Waals surface area contributed by atoms with Gasteiger partial charge in [0.15, 0.2) is 5.65 Å². The van der Waals surface area contributed by atoms with Gasteiger partial charge in [-0.15, -0.1) is 0 Å². The summed E-state index contributed by atoms with van der Waals surface area (Å²) in [6.07, 6.45) is -1.75. The molecule has 1 unspecified atom stereocenters. The Labute approximate surface area is 146 Å². The van der Waals surface area contributed by atoms with E-state index in [0.717, 1.165) is 25.0 Å². The number of pyridine rings is 1. The molecule has 0 amide bonds. The van der Waals surface area contributed by atoms with E-state index >= 15 is 0 Å². The van der Waals surface area contributed by atoms with Crippen LogP contribution < -0.4 is 5.69 Å². The van der Waals surface area contributed by atoms with Crippen LogP contribution in [0.1, 0.15) is 18.4 Å². The van der Waals surface area contributed by atoms with Gasteiger partial charge in [0.2, 0.25) is 0 Å². The van der Waals surface area contributed by atoms with Crippen LogP contribution in [0.2, 0.25) is 0 Å². The third-order valence-corrected chi connectivity index (χ3v) is 4.69. The van der Waals surface area contributed by atoms with Crippen molar-refractivity contribution in [3.05, 3.63) is 52.6 Å². The number of aliphatic hydroxyl groups is 1. The fourth-order valence-electron chi connectivity index (χ4n) is 3.06. The summed E-state index contributed by atoms with van der Waals surface area (Å²) >= 11 is 0. The van der Waals surface area contributed by atoms with Gasteiger partial charge in [0.25, 0.3) is 0 Å². The molecule has 1 atom stereocenters. The maximum absolute atomic E-state index is 12.9. The molecule has 1 saturated carbocycles. The van der Waals surface area contributed by atoms with Crippen LogP contribution in [-0.2, 0) is 12.7 Å². The molecule has 1 aromatic carbocycles. The van der Waals surface area contributed by atoms with Crippen molar-refractivity contribution < 1.29 is 18.3 Å². The fraction of sp³-hybridized carbons (Fsp3) is 0.333. The van der Waals surface area contributed by atoms with Crippen LogP contribution in [-0.4, -0.2) is 25.7 Å². The lowest BCUT2D eigenvalue weighted by molar-refractivity contribution is -0.137. The molecule has 2 heterocycles. The zero-order valence-electron chi connectivity index (χ0n) is 13.6. The number of aliphatic hydroxyl groups excluding tert-OH is 1. The minimum Gasteiger partial charge on any atom is -0.391 e. The van der Waals surface area contributed by atoms with E-state index in [1.807, 2.05) is 0 Å². The third kappa shape index (κ3) is 3.12. The highest BCUT2D eigenvalue weighted by Crippen LogP contribution is 2.34. The number of aromatic amines is 1. The summed E-state index contributed by atoms with van der Waals surface area (Å²) in [5, 5.41) is 10.1. The van der Waals surface area contributed by atoms with Crippen molar-refractivity contribution in [2.75, 3.05) is 0 Å². The molecule has 1 fully saturated rings. The average molecular weight is 363 g/mol. The smallest absolute Gasteiger partial charge is 0.391 e. The molecule has 1 aliphatic rings. The molecule has 136 valence electrons. The fourth-order valence-corrected chi connectivity index (χ4v) is 3.06. The van der Waals surface area contributed by atoms with E-state index in [2.05, 4.69) is 9.97 Å². The largest absolute Gasteiger partial charge is 0.416 e. The molecule has 0 saturated heterocycles. The van der Waals surface area contributed by atoms with Gasteiger partial charge in [-0.25, -0.2) is 9.78 Å². The average Bonchev–Trinajstić information content (AvgIpc) is 3.40. The van der Waals surface area contributed by atoms with E-state index in [1.165, 1.54) is 16.8 Å². The van der Waals surface area contributed by atoms with Crippen LogP contribution in [0, 0.1) is 5.92 Å². The summed E-state index contributed by atoms with van der Waals surface area (Å²) in [6.45, 7) is 0.136. The molecule has 0 spiro atoms. The van der Waals surface area contributed by atoms with Crippen molar-refractivity contribution in [2.24, 2.45) is 5.92 Å². The van der Waals surface area contributed by atoms with E-state index in [4.69, 9.17) is 0 Å². The molecular formula is C18H16F3N3O2. The van der Waals surface area contributed by atoms with Gasteiger partial charge in [0.1, 0.15) is 0 Å². The normalized spacial score (nSPS) is 16.2. The second kappa shape index (κ2) is 5.98. The molecule has 0 radical (unpaired) electrons. The topological polar surface area (TPSA) is 70.9 Å². The zero-order valence-corrected chi connectivity index (χ0v) is 13.6. The lowest BCUT2D eigenvalue weighted by Crippen LogP contribution is -2.25. The highest BCUT2D eigenvalue weighted by Gasteiger charge is 2.31. The summed E-state index contributed by atoms with van der Waals surface area (Å²) in [5.74, 6) is 0.200. The summed E-state index contributed by atoms with van der Waals surface area (Å²) in [7, 11) is 0. The molecule has 1 aliphatic carbocycles. The maximum Gasteiger partial charge on any atom is 0.416 e. The molecule has 2 aromatic heterocycles. The zero-order chi connectivity index (χ0) is 18.5. The minimum absolute atomic E-state index is 0.136. The van der Waals surface area contributed by atoms with Gasteiger partial charge in [-0.2, -0.15) is 13.2 Å². The van der Waals surface area contributed by atoms with Crippen molar-refractivity contribution in [3.8, 4) is 11.1 Å². The summed E-state index contributed by atoms with van der Waals surface area (Å²) in [6, 6.07) is 6.58. The van der Waals surface area contributed by atoms with Gasteiger partial charge in [-0.3, -0.25) is 9.55 Å². The second-order valence-corrected chi connectivity index (χ2v) is 6.62. The molecular weight excluding hydrogens is 347 g/mol. The van der Waals surface area contributed by atoms with Gasteiger partial charge in [0.05, 0.1) is 23.7 Å². The van der Waals surface area contributed by atoms with Gasteiger partial charge >= 0.3 is 11.9 Å². The number of nitrogens with zero attached hydrogens (tertiary/aromatic N) is 2. The molecule has 26 heavy (non-hydrogen) atoms. The van der Waals surface area contributed by atoms with Crippen molar-refractivity contribution in [1.82, 2.24) is 14.5 Å². The van der Waals surface area contributed by atoms with E-state index < -0.39 is 23.5 Å². The Morgan fingerprint density at radius 3 is 2.73 bits per heavy atom. The van der Waals surface area contributed by atoms with Crippen LogP contribution in [0.25, 0.3) is 22.3 Å². The van der Waals surface area contributed by atoms with Crippen LogP contribution in [0.3, 0.4) is 0 Å². The Hall–Kier alpha value is -2.61. The predicted molar refractivity (Wildman–Crippen MR) is 89.5 cm³/mol.